The molecule has 2 aromatic carbocycles. The third kappa shape index (κ3) is 4.24. The fourth-order valence-electron chi connectivity index (χ4n) is 3.01. The Kier molecular flexibility index (Phi) is 5.87. The number of ether oxygens (including phenoxy) is 3. The van der Waals surface area contributed by atoms with Crippen LogP contribution in [0.15, 0.2) is 45.6 Å². The number of carbonyl (C=O) groups is 1. The first-order valence-electron chi connectivity index (χ1n) is 8.72. The lowest BCUT2D eigenvalue weighted by atomic mass is 10.1. The molecule has 0 unspecified atom stereocenters. The van der Waals surface area contributed by atoms with Crippen LogP contribution in [-0.2, 0) is 11.2 Å². The molecule has 0 saturated heterocycles. The van der Waals surface area contributed by atoms with Crippen molar-refractivity contribution in [2.75, 3.05) is 21.3 Å². The van der Waals surface area contributed by atoms with Crippen LogP contribution in [0.5, 0.6) is 17.2 Å². The zero-order chi connectivity index (χ0) is 21.0. The summed E-state index contributed by atoms with van der Waals surface area (Å²) < 4.78 is 21.8. The first-order chi connectivity index (χ1) is 14.0. The van der Waals surface area contributed by atoms with Gasteiger partial charge in [0.15, 0.2) is 16.9 Å². The van der Waals surface area contributed by atoms with Crippen LogP contribution in [0.4, 0.5) is 0 Å². The van der Waals surface area contributed by atoms with E-state index in [1.807, 2.05) is 0 Å². The molecule has 0 aliphatic rings. The molecule has 150 valence electrons. The molecule has 1 heterocycles. The maximum Gasteiger partial charge on any atom is 0.307 e. The van der Waals surface area contributed by atoms with Gasteiger partial charge in [-0.05, 0) is 29.8 Å². The third-order valence-electron chi connectivity index (χ3n) is 4.32. The van der Waals surface area contributed by atoms with Gasteiger partial charge in [-0.3, -0.25) is 9.59 Å². The van der Waals surface area contributed by atoms with Crippen molar-refractivity contribution in [1.29, 1.82) is 0 Å². The fourth-order valence-corrected chi connectivity index (χ4v) is 3.01. The number of fused-ring (bicyclic) bond motifs is 1. The van der Waals surface area contributed by atoms with Gasteiger partial charge in [0, 0.05) is 11.6 Å². The first kappa shape index (κ1) is 20.0. The summed E-state index contributed by atoms with van der Waals surface area (Å²) in [7, 11) is 4.57. The Morgan fingerprint density at radius 2 is 1.72 bits per heavy atom. The van der Waals surface area contributed by atoms with Gasteiger partial charge in [0.25, 0.3) is 0 Å². The summed E-state index contributed by atoms with van der Waals surface area (Å²) >= 11 is 0. The molecule has 1 N–H and O–H groups in total. The van der Waals surface area contributed by atoms with Crippen molar-refractivity contribution >= 4 is 29.1 Å². The second kappa shape index (κ2) is 8.52. The van der Waals surface area contributed by atoms with Crippen molar-refractivity contribution in [2.45, 2.75) is 6.42 Å². The smallest absolute Gasteiger partial charge is 0.307 e. The van der Waals surface area contributed by atoms with Crippen LogP contribution < -0.4 is 19.6 Å². The lowest BCUT2D eigenvalue weighted by Crippen LogP contribution is -2.05. The van der Waals surface area contributed by atoms with Crippen molar-refractivity contribution < 1.29 is 28.5 Å². The van der Waals surface area contributed by atoms with Crippen LogP contribution >= 0.6 is 0 Å². The first-order valence-corrected chi connectivity index (χ1v) is 8.72. The van der Waals surface area contributed by atoms with Gasteiger partial charge in [-0.25, -0.2) is 0 Å². The monoisotopic (exact) mass is 396 g/mol. The van der Waals surface area contributed by atoms with Crippen molar-refractivity contribution in [3.8, 4) is 17.2 Å². The molecule has 0 saturated carbocycles. The SMILES string of the molecule is COc1cc(/C=C/c2cc(=O)c3cccc(CC(=O)O)c3o2)cc(OC)c1OC. The van der Waals surface area contributed by atoms with E-state index in [-0.39, 0.29) is 17.4 Å². The van der Waals surface area contributed by atoms with E-state index in [2.05, 4.69) is 0 Å². The Hall–Kier alpha value is -3.74. The van der Waals surface area contributed by atoms with Crippen LogP contribution in [-0.4, -0.2) is 32.4 Å². The van der Waals surface area contributed by atoms with E-state index in [0.29, 0.717) is 34.0 Å². The average Bonchev–Trinajstić information content (AvgIpc) is 2.71. The highest BCUT2D eigenvalue weighted by Crippen LogP contribution is 2.38. The average molecular weight is 396 g/mol. The number of hydrogen-bond donors (Lipinski definition) is 1. The quantitative estimate of drug-likeness (QED) is 0.652. The highest BCUT2D eigenvalue weighted by molar-refractivity contribution is 5.85. The molecule has 7 nitrogen and oxygen atoms in total. The normalized spacial score (nSPS) is 11.0. The molecule has 0 fully saturated rings. The van der Waals surface area contributed by atoms with E-state index in [1.165, 1.54) is 27.4 Å². The van der Waals surface area contributed by atoms with Crippen molar-refractivity contribution in [2.24, 2.45) is 0 Å². The highest BCUT2D eigenvalue weighted by Gasteiger charge is 2.13. The summed E-state index contributed by atoms with van der Waals surface area (Å²) in [6, 6.07) is 9.76. The molecule has 1 aromatic heterocycles. The number of aliphatic carboxylic acids is 1. The fraction of sp³-hybridized carbons (Fsp3) is 0.182. The zero-order valence-electron chi connectivity index (χ0n) is 16.2. The standard InChI is InChI=1S/C22H20O7/c1-26-18-9-13(10-19(27-2)22(18)28-3)7-8-15-12-17(23)16-6-4-5-14(11-20(24)25)21(16)29-15/h4-10,12H,11H2,1-3H3,(H,24,25)/b8-7+. The molecule has 0 bridgehead atoms. The van der Waals surface area contributed by atoms with Crippen LogP contribution in [0.2, 0.25) is 0 Å². The van der Waals surface area contributed by atoms with Gasteiger partial charge >= 0.3 is 5.97 Å². The molecule has 7 heteroatoms. The Morgan fingerprint density at radius 1 is 1.03 bits per heavy atom. The summed E-state index contributed by atoms with van der Waals surface area (Å²) in [6.07, 6.45) is 3.12. The van der Waals surface area contributed by atoms with E-state index < -0.39 is 5.97 Å². The Bertz CT molecular complexity index is 1120. The Labute approximate surface area is 166 Å². The minimum atomic E-state index is -1.00. The van der Waals surface area contributed by atoms with Gasteiger partial charge in [0.2, 0.25) is 5.75 Å². The topological polar surface area (TPSA) is 95.2 Å². The van der Waals surface area contributed by atoms with Crippen molar-refractivity contribution in [3.63, 3.8) is 0 Å². The molecule has 0 amide bonds. The molecule has 0 spiro atoms. The molecule has 0 atom stereocenters. The predicted octanol–water partition coefficient (Wildman–Crippen LogP) is 3.62. The molecule has 29 heavy (non-hydrogen) atoms. The maximum atomic E-state index is 12.4. The molecular formula is C22H20O7. The molecular weight excluding hydrogens is 376 g/mol. The van der Waals surface area contributed by atoms with E-state index >= 15 is 0 Å². The van der Waals surface area contributed by atoms with Gasteiger partial charge in [-0.2, -0.15) is 0 Å². The van der Waals surface area contributed by atoms with Crippen LogP contribution in [0.25, 0.3) is 23.1 Å². The van der Waals surface area contributed by atoms with E-state index in [4.69, 9.17) is 23.7 Å². The van der Waals surface area contributed by atoms with E-state index in [1.54, 1.807) is 42.5 Å². The number of carboxylic acids is 1. The number of benzene rings is 2. The minimum absolute atomic E-state index is 0.236. The Balaban J connectivity index is 2.05. The molecule has 3 aromatic rings. The van der Waals surface area contributed by atoms with E-state index in [9.17, 15) is 9.59 Å². The number of carboxylic acid groups (broad SMARTS) is 1. The molecule has 0 radical (unpaired) electrons. The summed E-state index contributed by atoms with van der Waals surface area (Å²) in [5.41, 5.74) is 1.20. The summed E-state index contributed by atoms with van der Waals surface area (Å²) in [5.74, 6) is 0.765. The number of para-hydroxylation sites is 1. The molecule has 3 rings (SSSR count). The third-order valence-corrected chi connectivity index (χ3v) is 4.32. The van der Waals surface area contributed by atoms with Crippen molar-refractivity contribution in [3.05, 3.63) is 63.5 Å². The summed E-state index contributed by atoms with van der Waals surface area (Å²) in [5, 5.41) is 9.43. The summed E-state index contributed by atoms with van der Waals surface area (Å²) in [6.45, 7) is 0. The van der Waals surface area contributed by atoms with Crippen molar-refractivity contribution in [1.82, 2.24) is 0 Å². The van der Waals surface area contributed by atoms with Gasteiger partial charge in [0.05, 0.1) is 33.1 Å². The Morgan fingerprint density at radius 3 is 2.31 bits per heavy atom. The predicted molar refractivity (Wildman–Crippen MR) is 109 cm³/mol. The second-order valence-electron chi connectivity index (χ2n) is 6.17. The van der Waals surface area contributed by atoms with Crippen LogP contribution in [0, 0.1) is 0 Å². The lowest BCUT2D eigenvalue weighted by Gasteiger charge is -2.12. The van der Waals surface area contributed by atoms with Crippen LogP contribution in [0.1, 0.15) is 16.9 Å². The summed E-state index contributed by atoms with van der Waals surface area (Å²) in [4.78, 5) is 23.5. The number of methoxy groups -OCH3 is 3. The second-order valence-corrected chi connectivity index (χ2v) is 6.17. The van der Waals surface area contributed by atoms with Gasteiger partial charge in [-0.15, -0.1) is 0 Å². The highest BCUT2D eigenvalue weighted by atomic mass is 16.5. The lowest BCUT2D eigenvalue weighted by molar-refractivity contribution is -0.136. The van der Waals surface area contributed by atoms with Gasteiger partial charge in [0.1, 0.15) is 11.3 Å². The molecule has 0 aliphatic carbocycles. The van der Waals surface area contributed by atoms with Gasteiger partial charge in [-0.1, -0.05) is 18.2 Å². The zero-order valence-corrected chi connectivity index (χ0v) is 16.2. The minimum Gasteiger partial charge on any atom is -0.493 e. The number of hydrogen-bond acceptors (Lipinski definition) is 6. The van der Waals surface area contributed by atoms with Gasteiger partial charge < -0.3 is 23.7 Å². The number of rotatable bonds is 7. The molecule has 0 aliphatic heterocycles. The maximum absolute atomic E-state index is 12.4. The van der Waals surface area contributed by atoms with E-state index in [0.717, 1.165) is 5.56 Å². The van der Waals surface area contributed by atoms with Crippen LogP contribution in [0.3, 0.4) is 0 Å². The largest absolute Gasteiger partial charge is 0.493 e.